The van der Waals surface area contributed by atoms with E-state index in [2.05, 4.69) is 16.7 Å². The van der Waals surface area contributed by atoms with Crippen LogP contribution < -0.4 is 10.6 Å². The summed E-state index contributed by atoms with van der Waals surface area (Å²) in [4.78, 5) is 11.5. The maximum atomic E-state index is 11.5. The predicted molar refractivity (Wildman–Crippen MR) is 60.0 cm³/mol. The van der Waals surface area contributed by atoms with Crippen molar-refractivity contribution in [2.75, 3.05) is 17.2 Å². The second-order valence-corrected chi connectivity index (χ2v) is 4.31. The Labute approximate surface area is 88.9 Å². The molecule has 78 valence electrons. The molecule has 1 fully saturated rings. The van der Waals surface area contributed by atoms with Gasteiger partial charge in [0.05, 0.1) is 0 Å². The van der Waals surface area contributed by atoms with Crippen molar-refractivity contribution in [2.24, 2.45) is 5.92 Å². The zero-order valence-electron chi connectivity index (χ0n) is 8.55. The lowest BCUT2D eigenvalue weighted by molar-refractivity contribution is -0.117. The maximum absolute atomic E-state index is 11.5. The molecule has 1 aliphatic heterocycles. The van der Waals surface area contributed by atoms with Gasteiger partial charge >= 0.3 is 0 Å². The Hall–Kier alpha value is -1.51. The minimum atomic E-state index is 0.181. The van der Waals surface area contributed by atoms with Gasteiger partial charge in [-0.3, -0.25) is 4.79 Å². The molecule has 0 spiro atoms. The molecule has 1 amide bonds. The quantitative estimate of drug-likeness (QED) is 0.770. The molecule has 3 rings (SSSR count). The van der Waals surface area contributed by atoms with Crippen LogP contribution >= 0.6 is 0 Å². The molecule has 0 unspecified atom stereocenters. The fourth-order valence-electron chi connectivity index (χ4n) is 1.97. The molecule has 1 saturated carbocycles. The van der Waals surface area contributed by atoms with Gasteiger partial charge < -0.3 is 10.6 Å². The van der Waals surface area contributed by atoms with Crippen molar-refractivity contribution in [3.8, 4) is 0 Å². The molecule has 0 saturated heterocycles. The zero-order valence-corrected chi connectivity index (χ0v) is 8.55. The van der Waals surface area contributed by atoms with E-state index in [0.717, 1.165) is 31.5 Å². The lowest BCUT2D eigenvalue weighted by atomic mass is 10.1. The summed E-state index contributed by atoms with van der Waals surface area (Å²) in [5.41, 5.74) is 3.46. The molecule has 2 N–H and O–H groups in total. The number of hydrogen-bond acceptors (Lipinski definition) is 2. The van der Waals surface area contributed by atoms with Crippen molar-refractivity contribution in [2.45, 2.75) is 19.3 Å². The molecule has 1 aromatic rings. The Morgan fingerprint density at radius 1 is 1.40 bits per heavy atom. The van der Waals surface area contributed by atoms with Crippen molar-refractivity contribution < 1.29 is 4.79 Å². The standard InChI is InChI=1S/C12H14N2O/c15-12(8-1-2-8)14-10-3-4-11-9(7-10)5-6-13-11/h3-4,7-8,13H,1-2,5-6H2,(H,14,15). The van der Waals surface area contributed by atoms with Gasteiger partial charge in [0.2, 0.25) is 5.91 Å². The highest BCUT2D eigenvalue weighted by molar-refractivity contribution is 5.94. The van der Waals surface area contributed by atoms with E-state index in [1.807, 2.05) is 12.1 Å². The van der Waals surface area contributed by atoms with Crippen LogP contribution in [0.5, 0.6) is 0 Å². The Bertz CT molecular complexity index is 410. The van der Waals surface area contributed by atoms with Crippen molar-refractivity contribution in [3.05, 3.63) is 23.8 Å². The summed E-state index contributed by atoms with van der Waals surface area (Å²) in [6.07, 6.45) is 3.17. The number of benzene rings is 1. The molecule has 0 atom stereocenters. The van der Waals surface area contributed by atoms with Crippen molar-refractivity contribution in [1.82, 2.24) is 0 Å². The zero-order chi connectivity index (χ0) is 10.3. The third-order valence-electron chi connectivity index (χ3n) is 3.03. The number of carbonyl (C=O) groups is 1. The van der Waals surface area contributed by atoms with E-state index in [4.69, 9.17) is 0 Å². The molecule has 0 bridgehead atoms. The minimum absolute atomic E-state index is 0.181. The highest BCUT2D eigenvalue weighted by Gasteiger charge is 2.29. The number of rotatable bonds is 2. The summed E-state index contributed by atoms with van der Waals surface area (Å²) in [6, 6.07) is 6.10. The van der Waals surface area contributed by atoms with Crippen molar-refractivity contribution in [1.29, 1.82) is 0 Å². The lowest BCUT2D eigenvalue weighted by Crippen LogP contribution is -2.13. The van der Waals surface area contributed by atoms with E-state index in [0.29, 0.717) is 0 Å². The molecule has 15 heavy (non-hydrogen) atoms. The van der Waals surface area contributed by atoms with Crippen molar-refractivity contribution in [3.63, 3.8) is 0 Å². The van der Waals surface area contributed by atoms with E-state index < -0.39 is 0 Å². The molecule has 2 aliphatic rings. The van der Waals surface area contributed by atoms with E-state index in [1.54, 1.807) is 0 Å². The molecule has 1 heterocycles. The largest absolute Gasteiger partial charge is 0.384 e. The van der Waals surface area contributed by atoms with Crippen LogP contribution in [0.3, 0.4) is 0 Å². The average Bonchev–Trinajstić information content (AvgIpc) is 2.98. The molecular weight excluding hydrogens is 188 g/mol. The fourth-order valence-corrected chi connectivity index (χ4v) is 1.97. The Balaban J connectivity index is 1.77. The molecule has 3 nitrogen and oxygen atoms in total. The van der Waals surface area contributed by atoms with E-state index in [-0.39, 0.29) is 11.8 Å². The first-order valence-corrected chi connectivity index (χ1v) is 5.50. The molecule has 3 heteroatoms. The normalized spacial score (nSPS) is 18.1. The first-order valence-electron chi connectivity index (χ1n) is 5.50. The summed E-state index contributed by atoms with van der Waals surface area (Å²) < 4.78 is 0. The van der Waals surface area contributed by atoms with Crippen LogP contribution in [0, 0.1) is 5.92 Å². The number of nitrogens with one attached hydrogen (secondary N) is 2. The van der Waals surface area contributed by atoms with Gasteiger partial charge in [-0.2, -0.15) is 0 Å². The van der Waals surface area contributed by atoms with Gasteiger partial charge in [0.15, 0.2) is 0 Å². The molecular formula is C12H14N2O. The highest BCUT2D eigenvalue weighted by atomic mass is 16.2. The summed E-state index contributed by atoms with van der Waals surface area (Å²) in [6.45, 7) is 1.01. The second kappa shape index (κ2) is 3.26. The Morgan fingerprint density at radius 3 is 3.07 bits per heavy atom. The monoisotopic (exact) mass is 202 g/mol. The predicted octanol–water partition coefficient (Wildman–Crippen LogP) is 2.00. The molecule has 0 radical (unpaired) electrons. The van der Waals surface area contributed by atoms with E-state index >= 15 is 0 Å². The minimum Gasteiger partial charge on any atom is -0.384 e. The average molecular weight is 202 g/mol. The Kier molecular flexibility index (Phi) is 1.91. The van der Waals surface area contributed by atoms with E-state index in [9.17, 15) is 4.79 Å². The smallest absolute Gasteiger partial charge is 0.227 e. The van der Waals surface area contributed by atoms with Crippen LogP contribution in [-0.4, -0.2) is 12.5 Å². The van der Waals surface area contributed by atoms with Crippen LogP contribution in [0.2, 0.25) is 0 Å². The Morgan fingerprint density at radius 2 is 2.27 bits per heavy atom. The van der Waals surface area contributed by atoms with Gasteiger partial charge in [0, 0.05) is 23.8 Å². The maximum Gasteiger partial charge on any atom is 0.227 e. The van der Waals surface area contributed by atoms with Gasteiger partial charge in [-0.15, -0.1) is 0 Å². The van der Waals surface area contributed by atoms with Gasteiger partial charge in [-0.1, -0.05) is 0 Å². The fraction of sp³-hybridized carbons (Fsp3) is 0.417. The summed E-state index contributed by atoms with van der Waals surface area (Å²) in [5.74, 6) is 0.456. The first-order chi connectivity index (χ1) is 7.33. The summed E-state index contributed by atoms with van der Waals surface area (Å²) in [7, 11) is 0. The SMILES string of the molecule is O=C(Nc1ccc2c(c1)CCN2)C1CC1. The van der Waals surface area contributed by atoms with Crippen LogP contribution in [0.15, 0.2) is 18.2 Å². The van der Waals surface area contributed by atoms with Crippen LogP contribution in [-0.2, 0) is 11.2 Å². The third kappa shape index (κ3) is 1.69. The third-order valence-corrected chi connectivity index (χ3v) is 3.03. The van der Waals surface area contributed by atoms with Gasteiger partial charge in [0.25, 0.3) is 0 Å². The van der Waals surface area contributed by atoms with Gasteiger partial charge in [-0.05, 0) is 43.0 Å². The summed E-state index contributed by atoms with van der Waals surface area (Å²) in [5, 5.41) is 6.27. The highest BCUT2D eigenvalue weighted by Crippen LogP contribution is 2.31. The van der Waals surface area contributed by atoms with Gasteiger partial charge in [-0.25, -0.2) is 0 Å². The lowest BCUT2D eigenvalue weighted by Gasteiger charge is -2.06. The number of amides is 1. The molecule has 0 aromatic heterocycles. The topological polar surface area (TPSA) is 41.1 Å². The number of carbonyl (C=O) groups excluding carboxylic acids is 1. The van der Waals surface area contributed by atoms with Crippen molar-refractivity contribution >= 4 is 17.3 Å². The number of anilines is 2. The van der Waals surface area contributed by atoms with Gasteiger partial charge in [0.1, 0.15) is 0 Å². The van der Waals surface area contributed by atoms with Crippen LogP contribution in [0.4, 0.5) is 11.4 Å². The first kappa shape index (κ1) is 8.77. The molecule has 1 aliphatic carbocycles. The van der Waals surface area contributed by atoms with E-state index in [1.165, 1.54) is 11.3 Å². The van der Waals surface area contributed by atoms with Crippen LogP contribution in [0.1, 0.15) is 18.4 Å². The second-order valence-electron chi connectivity index (χ2n) is 4.31. The number of hydrogen-bond donors (Lipinski definition) is 2. The van der Waals surface area contributed by atoms with Crippen LogP contribution in [0.25, 0.3) is 0 Å². The number of fused-ring (bicyclic) bond motifs is 1. The summed E-state index contributed by atoms with van der Waals surface area (Å²) >= 11 is 0. The molecule has 1 aromatic carbocycles.